The molecule has 1 heterocycles. The van der Waals surface area contributed by atoms with Gasteiger partial charge in [-0.05, 0) is 26.7 Å². The van der Waals surface area contributed by atoms with E-state index in [1.807, 2.05) is 13.8 Å². The van der Waals surface area contributed by atoms with Crippen molar-refractivity contribution in [1.29, 1.82) is 0 Å². The monoisotopic (exact) mass is 158 g/mol. The fourth-order valence-corrected chi connectivity index (χ4v) is 1.74. The summed E-state index contributed by atoms with van der Waals surface area (Å²) in [6, 6.07) is 0. The van der Waals surface area contributed by atoms with Crippen LogP contribution in [0.25, 0.3) is 0 Å². The van der Waals surface area contributed by atoms with Crippen LogP contribution in [0.3, 0.4) is 0 Å². The van der Waals surface area contributed by atoms with Gasteiger partial charge >= 0.3 is 0 Å². The standard InChI is InChI=1S/C9H18O2/c1-4-9(6-11-7-9)5-8(2,3)10/h10H,4-7H2,1-3H3. The van der Waals surface area contributed by atoms with E-state index in [9.17, 15) is 5.11 Å². The summed E-state index contributed by atoms with van der Waals surface area (Å²) in [5.41, 5.74) is -0.266. The molecule has 0 radical (unpaired) electrons. The first-order valence-electron chi connectivity index (χ1n) is 4.28. The molecule has 1 saturated heterocycles. The third kappa shape index (κ3) is 2.17. The molecule has 11 heavy (non-hydrogen) atoms. The molecule has 1 aliphatic heterocycles. The van der Waals surface area contributed by atoms with E-state index in [0.717, 1.165) is 26.1 Å². The Morgan fingerprint density at radius 2 is 2.00 bits per heavy atom. The van der Waals surface area contributed by atoms with Crippen molar-refractivity contribution >= 4 is 0 Å². The Morgan fingerprint density at radius 1 is 1.45 bits per heavy atom. The lowest BCUT2D eigenvalue weighted by Gasteiger charge is -2.44. The van der Waals surface area contributed by atoms with E-state index in [4.69, 9.17) is 4.74 Å². The number of aliphatic hydroxyl groups is 1. The fraction of sp³-hybridized carbons (Fsp3) is 1.00. The smallest absolute Gasteiger partial charge is 0.0598 e. The summed E-state index contributed by atoms with van der Waals surface area (Å²) in [5, 5.41) is 9.59. The predicted octanol–water partition coefficient (Wildman–Crippen LogP) is 1.57. The van der Waals surface area contributed by atoms with Gasteiger partial charge in [0.25, 0.3) is 0 Å². The summed E-state index contributed by atoms with van der Waals surface area (Å²) in [5.74, 6) is 0. The van der Waals surface area contributed by atoms with Gasteiger partial charge < -0.3 is 9.84 Å². The summed E-state index contributed by atoms with van der Waals surface area (Å²) in [6.07, 6.45) is 1.97. The van der Waals surface area contributed by atoms with Crippen LogP contribution in [0.2, 0.25) is 0 Å². The number of hydrogen-bond acceptors (Lipinski definition) is 2. The lowest BCUT2D eigenvalue weighted by molar-refractivity contribution is -0.146. The van der Waals surface area contributed by atoms with E-state index in [2.05, 4.69) is 6.92 Å². The molecular formula is C9H18O2. The molecule has 0 unspecified atom stereocenters. The summed E-state index contributed by atoms with van der Waals surface area (Å²) >= 11 is 0. The molecule has 0 aromatic heterocycles. The Hall–Kier alpha value is -0.0800. The first-order valence-corrected chi connectivity index (χ1v) is 4.28. The van der Waals surface area contributed by atoms with Crippen molar-refractivity contribution in [2.75, 3.05) is 13.2 Å². The van der Waals surface area contributed by atoms with Crippen LogP contribution < -0.4 is 0 Å². The molecule has 0 aromatic rings. The minimum Gasteiger partial charge on any atom is -0.390 e. The fourth-order valence-electron chi connectivity index (χ4n) is 1.74. The molecule has 1 fully saturated rings. The van der Waals surface area contributed by atoms with Crippen LogP contribution >= 0.6 is 0 Å². The quantitative estimate of drug-likeness (QED) is 0.675. The van der Waals surface area contributed by atoms with Crippen LogP contribution in [-0.4, -0.2) is 23.9 Å². The van der Waals surface area contributed by atoms with Gasteiger partial charge in [0.15, 0.2) is 0 Å². The van der Waals surface area contributed by atoms with Crippen LogP contribution in [0.4, 0.5) is 0 Å². The third-order valence-corrected chi connectivity index (χ3v) is 2.37. The highest BCUT2D eigenvalue weighted by atomic mass is 16.5. The highest BCUT2D eigenvalue weighted by Gasteiger charge is 2.40. The second-order valence-corrected chi connectivity index (χ2v) is 4.34. The van der Waals surface area contributed by atoms with Crippen LogP contribution in [-0.2, 0) is 4.74 Å². The predicted molar refractivity (Wildman–Crippen MR) is 44.5 cm³/mol. The molecular weight excluding hydrogens is 140 g/mol. The molecule has 2 nitrogen and oxygen atoms in total. The van der Waals surface area contributed by atoms with Gasteiger partial charge in [-0.25, -0.2) is 0 Å². The number of ether oxygens (including phenoxy) is 1. The van der Waals surface area contributed by atoms with Gasteiger partial charge in [0.1, 0.15) is 0 Å². The Morgan fingerprint density at radius 3 is 2.09 bits per heavy atom. The second kappa shape index (κ2) is 2.76. The van der Waals surface area contributed by atoms with E-state index in [1.54, 1.807) is 0 Å². The average molecular weight is 158 g/mol. The van der Waals surface area contributed by atoms with Crippen molar-refractivity contribution < 1.29 is 9.84 Å². The van der Waals surface area contributed by atoms with Gasteiger partial charge in [0.05, 0.1) is 18.8 Å². The summed E-state index contributed by atoms with van der Waals surface area (Å²) < 4.78 is 5.16. The van der Waals surface area contributed by atoms with Gasteiger partial charge in [-0.1, -0.05) is 6.92 Å². The Bertz CT molecular complexity index is 125. The highest BCUT2D eigenvalue weighted by Crippen LogP contribution is 2.38. The maximum absolute atomic E-state index is 9.59. The average Bonchev–Trinajstić information content (AvgIpc) is 1.77. The Labute approximate surface area is 68.6 Å². The van der Waals surface area contributed by atoms with Gasteiger partial charge in [-0.3, -0.25) is 0 Å². The first-order chi connectivity index (χ1) is 4.97. The van der Waals surface area contributed by atoms with Crippen molar-refractivity contribution in [2.45, 2.75) is 39.2 Å². The zero-order valence-electron chi connectivity index (χ0n) is 7.68. The van der Waals surface area contributed by atoms with E-state index in [0.29, 0.717) is 0 Å². The summed E-state index contributed by atoms with van der Waals surface area (Å²) in [4.78, 5) is 0. The summed E-state index contributed by atoms with van der Waals surface area (Å²) in [7, 11) is 0. The third-order valence-electron chi connectivity index (χ3n) is 2.37. The van der Waals surface area contributed by atoms with Crippen LogP contribution in [0.1, 0.15) is 33.6 Å². The lowest BCUT2D eigenvalue weighted by atomic mass is 9.75. The van der Waals surface area contributed by atoms with Crippen LogP contribution in [0, 0.1) is 5.41 Å². The highest BCUT2D eigenvalue weighted by molar-refractivity contribution is 4.89. The maximum Gasteiger partial charge on any atom is 0.0598 e. The lowest BCUT2D eigenvalue weighted by Crippen LogP contribution is -2.46. The maximum atomic E-state index is 9.59. The van der Waals surface area contributed by atoms with Crippen molar-refractivity contribution in [1.82, 2.24) is 0 Å². The molecule has 0 atom stereocenters. The van der Waals surface area contributed by atoms with Crippen molar-refractivity contribution in [3.63, 3.8) is 0 Å². The number of hydrogen-bond donors (Lipinski definition) is 1. The SMILES string of the molecule is CCC1(CC(C)(C)O)COC1. The molecule has 66 valence electrons. The van der Waals surface area contributed by atoms with Crippen molar-refractivity contribution in [3.05, 3.63) is 0 Å². The first kappa shape index (κ1) is 9.01. The Kier molecular flexibility index (Phi) is 2.26. The van der Waals surface area contributed by atoms with Crippen LogP contribution in [0.5, 0.6) is 0 Å². The molecule has 0 bridgehead atoms. The zero-order chi connectivity index (χ0) is 8.54. The molecule has 0 aromatic carbocycles. The zero-order valence-corrected chi connectivity index (χ0v) is 7.68. The molecule has 1 aliphatic rings. The van der Waals surface area contributed by atoms with Crippen molar-refractivity contribution in [3.8, 4) is 0 Å². The van der Waals surface area contributed by atoms with E-state index in [1.165, 1.54) is 0 Å². The molecule has 0 saturated carbocycles. The number of rotatable bonds is 3. The molecule has 0 spiro atoms. The topological polar surface area (TPSA) is 29.5 Å². The van der Waals surface area contributed by atoms with Crippen molar-refractivity contribution in [2.24, 2.45) is 5.41 Å². The largest absolute Gasteiger partial charge is 0.390 e. The molecule has 1 rings (SSSR count). The molecule has 0 amide bonds. The molecule has 1 N–H and O–H groups in total. The van der Waals surface area contributed by atoms with E-state index in [-0.39, 0.29) is 5.41 Å². The Balaban J connectivity index is 2.45. The minimum absolute atomic E-state index is 0.276. The van der Waals surface area contributed by atoms with Gasteiger partial charge in [-0.2, -0.15) is 0 Å². The summed E-state index contributed by atoms with van der Waals surface area (Å²) in [6.45, 7) is 7.54. The van der Waals surface area contributed by atoms with Crippen LogP contribution in [0.15, 0.2) is 0 Å². The minimum atomic E-state index is -0.542. The van der Waals surface area contributed by atoms with E-state index < -0.39 is 5.60 Å². The van der Waals surface area contributed by atoms with E-state index >= 15 is 0 Å². The van der Waals surface area contributed by atoms with Gasteiger partial charge in [-0.15, -0.1) is 0 Å². The van der Waals surface area contributed by atoms with Gasteiger partial charge in [0, 0.05) is 5.41 Å². The normalized spacial score (nSPS) is 22.9. The molecule has 2 heteroatoms. The second-order valence-electron chi connectivity index (χ2n) is 4.34. The molecule has 0 aliphatic carbocycles. The van der Waals surface area contributed by atoms with Gasteiger partial charge in [0.2, 0.25) is 0 Å².